The molecule has 0 aliphatic rings. The minimum Gasteiger partial charge on any atom is -1.00 e. The van der Waals surface area contributed by atoms with Crippen LogP contribution in [0.3, 0.4) is 0 Å². The van der Waals surface area contributed by atoms with Gasteiger partial charge in [0.25, 0.3) is 0 Å². The van der Waals surface area contributed by atoms with Crippen molar-refractivity contribution in [1.29, 1.82) is 0 Å². The molecule has 142 valence electrons. The van der Waals surface area contributed by atoms with Crippen molar-refractivity contribution >= 4 is 11.4 Å². The van der Waals surface area contributed by atoms with E-state index in [1.54, 1.807) is 23.4 Å². The van der Waals surface area contributed by atoms with E-state index in [2.05, 4.69) is 43.8 Å². The molecule has 0 spiro atoms. The van der Waals surface area contributed by atoms with Crippen LogP contribution in [0.15, 0.2) is 53.3 Å². The number of nitrogens with one attached hydrogen (secondary N) is 1. The zero-order chi connectivity index (χ0) is 15.6. The Bertz CT molecular complexity index is 553. The molecule has 10 heteroatoms. The van der Waals surface area contributed by atoms with Crippen LogP contribution < -0.4 is 58.3 Å². The van der Waals surface area contributed by atoms with Crippen LogP contribution in [0, 0.1) is 0 Å². The van der Waals surface area contributed by atoms with Gasteiger partial charge in [0, 0.05) is 36.7 Å². The quantitative estimate of drug-likeness (QED) is 0.277. The van der Waals surface area contributed by atoms with Crippen molar-refractivity contribution in [2.75, 3.05) is 31.1 Å². The lowest BCUT2D eigenvalue weighted by molar-refractivity contribution is -0.684. The van der Waals surface area contributed by atoms with Gasteiger partial charge in [0.1, 0.15) is 6.20 Å². The third-order valence-corrected chi connectivity index (χ3v) is 3.36. The topological polar surface area (TPSA) is 103 Å². The Labute approximate surface area is 167 Å². The standard InChI is InChI=1S/C15H23N7.3ClH/c16-7-1-10-21(11-2-8-17)15-5-3-14(4-6-15)19-20-22-12-9-18-13-22;;;/h3-6,9,12-13H,1-2,7-8,10-11,16-17H2;3*1H. The molecule has 0 aliphatic carbocycles. The average molecular weight is 411 g/mol. The van der Waals surface area contributed by atoms with Gasteiger partial charge < -0.3 is 53.6 Å². The molecule has 25 heavy (non-hydrogen) atoms. The van der Waals surface area contributed by atoms with Gasteiger partial charge in [-0.2, -0.15) is 0 Å². The largest absolute Gasteiger partial charge is 1.00 e. The maximum atomic E-state index is 4.20. The summed E-state index contributed by atoms with van der Waals surface area (Å²) in [7, 11) is 0. The van der Waals surface area contributed by atoms with Crippen molar-refractivity contribution in [3.63, 3.8) is 0 Å². The number of aromatic nitrogens is 2. The minimum absolute atomic E-state index is 0. The van der Waals surface area contributed by atoms with Gasteiger partial charge in [-0.3, -0.25) is 4.98 Å². The van der Waals surface area contributed by atoms with E-state index in [0.717, 1.165) is 44.7 Å². The third-order valence-electron chi connectivity index (χ3n) is 3.36. The molecule has 1 heterocycles. The fraction of sp³-hybridized carbons (Fsp3) is 0.400. The Hall–Kier alpha value is -1.38. The second-order valence-electron chi connectivity index (χ2n) is 5.10. The van der Waals surface area contributed by atoms with E-state index in [1.807, 2.05) is 12.1 Å². The monoisotopic (exact) mass is 409 g/mol. The Balaban J connectivity index is 0. The maximum Gasteiger partial charge on any atom is 0.213 e. The van der Waals surface area contributed by atoms with Gasteiger partial charge in [-0.25, -0.2) is 0 Å². The Morgan fingerprint density at radius 1 is 0.960 bits per heavy atom. The Morgan fingerprint density at radius 2 is 1.56 bits per heavy atom. The summed E-state index contributed by atoms with van der Waals surface area (Å²) in [4.78, 5) is 5.31. The van der Waals surface area contributed by atoms with Crippen LogP contribution in [0.1, 0.15) is 12.8 Å². The zero-order valence-electron chi connectivity index (χ0n) is 14.1. The van der Waals surface area contributed by atoms with Crippen LogP contribution in [0.2, 0.25) is 0 Å². The minimum atomic E-state index is 0. The van der Waals surface area contributed by atoms with Crippen molar-refractivity contribution in [2.45, 2.75) is 12.8 Å². The molecule has 0 aliphatic heterocycles. The summed E-state index contributed by atoms with van der Waals surface area (Å²) in [6.07, 6.45) is 7.53. The molecule has 0 saturated heterocycles. The van der Waals surface area contributed by atoms with E-state index in [4.69, 9.17) is 0 Å². The van der Waals surface area contributed by atoms with Crippen LogP contribution in [0.4, 0.5) is 11.4 Å². The molecule has 2 rings (SSSR count). The molecule has 0 fully saturated rings. The molecule has 1 aromatic carbocycles. The second kappa shape index (κ2) is 14.9. The normalized spacial score (nSPS) is 9.84. The molecular weight excluding hydrogens is 385 g/mol. The molecule has 0 bridgehead atoms. The van der Waals surface area contributed by atoms with Crippen LogP contribution in [0.5, 0.6) is 0 Å². The number of aromatic amines is 1. The van der Waals surface area contributed by atoms with E-state index in [1.165, 1.54) is 5.69 Å². The highest BCUT2D eigenvalue weighted by atomic mass is 35.5. The summed E-state index contributed by atoms with van der Waals surface area (Å²) in [5.41, 5.74) is 9.90. The highest BCUT2D eigenvalue weighted by Gasteiger charge is 2.07. The number of halogens is 3. The maximum absolute atomic E-state index is 4.20. The molecule has 0 amide bonds. The Kier molecular flexibility index (Phi) is 15.4. The molecule has 0 radical (unpaired) electrons. The van der Waals surface area contributed by atoms with Crippen molar-refractivity contribution in [1.82, 2.24) is 4.98 Å². The van der Waals surface area contributed by atoms with Crippen LogP contribution in [-0.4, -0.2) is 31.2 Å². The highest BCUT2D eigenvalue weighted by molar-refractivity contribution is 5.52. The summed E-state index contributed by atoms with van der Waals surface area (Å²) >= 11 is 0. The summed E-state index contributed by atoms with van der Waals surface area (Å²) in [5, 5.41) is 8.29. The number of nitrogens with zero attached hydrogens (tertiary/aromatic N) is 4. The molecule has 0 atom stereocenters. The summed E-state index contributed by atoms with van der Waals surface area (Å²) in [5.74, 6) is 0. The summed E-state index contributed by atoms with van der Waals surface area (Å²) < 4.78 is 1.63. The van der Waals surface area contributed by atoms with Gasteiger partial charge in [-0.1, -0.05) is 0 Å². The number of H-pyrrole nitrogens is 1. The zero-order valence-corrected chi connectivity index (χ0v) is 16.4. The average Bonchev–Trinajstić information content (AvgIpc) is 3.07. The number of quaternary nitrogens is 2. The molecule has 0 saturated carbocycles. The summed E-state index contributed by atoms with van der Waals surface area (Å²) in [6.45, 7) is 3.98. The van der Waals surface area contributed by atoms with E-state index in [9.17, 15) is 0 Å². The third kappa shape index (κ3) is 9.04. The van der Waals surface area contributed by atoms with Crippen molar-refractivity contribution in [3.8, 4) is 0 Å². The predicted molar refractivity (Wildman–Crippen MR) is 84.3 cm³/mol. The highest BCUT2D eigenvalue weighted by Crippen LogP contribution is 2.20. The first kappa shape index (κ1) is 25.9. The smallest absolute Gasteiger partial charge is 0.213 e. The lowest BCUT2D eigenvalue weighted by Crippen LogP contribution is -3.00. The van der Waals surface area contributed by atoms with Gasteiger partial charge in [0.2, 0.25) is 6.33 Å². The molecule has 7 N–H and O–H groups in total. The van der Waals surface area contributed by atoms with Gasteiger partial charge in [-0.15, -0.1) is 4.68 Å². The first-order valence-corrected chi connectivity index (χ1v) is 7.73. The fourth-order valence-electron chi connectivity index (χ4n) is 2.15. The summed E-state index contributed by atoms with van der Waals surface area (Å²) in [6, 6.07) is 8.19. The SMILES string of the molecule is [Cl-].[Cl-].[Cl-].[NH3+]CCCN(CCC[NH3+])c1ccc(N=N[n+]2cc[nH]c2)cc1. The number of imidazole rings is 1. The molecule has 1 aromatic heterocycles. The fourth-order valence-corrected chi connectivity index (χ4v) is 2.15. The molecular formula is C15H26Cl3N7. The van der Waals surface area contributed by atoms with E-state index >= 15 is 0 Å². The van der Waals surface area contributed by atoms with Gasteiger partial charge >= 0.3 is 0 Å². The lowest BCUT2D eigenvalue weighted by atomic mass is 10.2. The van der Waals surface area contributed by atoms with Gasteiger partial charge in [-0.05, 0) is 24.3 Å². The number of hydrogen-bond acceptors (Lipinski definition) is 3. The van der Waals surface area contributed by atoms with Crippen LogP contribution in [0.25, 0.3) is 0 Å². The van der Waals surface area contributed by atoms with Crippen LogP contribution >= 0.6 is 0 Å². The molecule has 0 unspecified atom stereocenters. The first-order valence-electron chi connectivity index (χ1n) is 7.73. The second-order valence-corrected chi connectivity index (χ2v) is 5.10. The molecule has 2 aromatic rings. The van der Waals surface area contributed by atoms with Gasteiger partial charge in [0.05, 0.1) is 24.5 Å². The van der Waals surface area contributed by atoms with E-state index in [0.29, 0.717) is 0 Å². The van der Waals surface area contributed by atoms with Crippen molar-refractivity contribution in [2.24, 2.45) is 10.3 Å². The van der Waals surface area contributed by atoms with Crippen molar-refractivity contribution in [3.05, 3.63) is 43.0 Å². The van der Waals surface area contributed by atoms with Crippen molar-refractivity contribution < 1.29 is 53.4 Å². The lowest BCUT2D eigenvalue weighted by Gasteiger charge is -2.23. The van der Waals surface area contributed by atoms with Gasteiger partial charge in [0.15, 0.2) is 5.69 Å². The number of rotatable bonds is 9. The number of benzene rings is 1. The van der Waals surface area contributed by atoms with E-state index < -0.39 is 0 Å². The molecule has 7 nitrogen and oxygen atoms in total. The number of anilines is 1. The first-order chi connectivity index (χ1) is 10.8. The number of hydrogen-bond donors (Lipinski definition) is 3. The van der Waals surface area contributed by atoms with Crippen LogP contribution in [-0.2, 0) is 0 Å². The predicted octanol–water partition coefficient (Wildman–Crippen LogP) is -9.07. The van der Waals surface area contributed by atoms with E-state index in [-0.39, 0.29) is 37.2 Å². The Morgan fingerprint density at radius 3 is 2.04 bits per heavy atom.